The van der Waals surface area contributed by atoms with Crippen molar-refractivity contribution in [2.24, 2.45) is 5.92 Å². The Morgan fingerprint density at radius 3 is 2.77 bits per heavy atom. The van der Waals surface area contributed by atoms with Gasteiger partial charge >= 0.3 is 6.03 Å². The molecule has 1 saturated heterocycles. The minimum atomic E-state index is -0.486. The van der Waals surface area contributed by atoms with Gasteiger partial charge in [-0.1, -0.05) is 15.9 Å². The molecule has 0 radical (unpaired) electrons. The van der Waals surface area contributed by atoms with Gasteiger partial charge in [0, 0.05) is 31.7 Å². The van der Waals surface area contributed by atoms with Crippen LogP contribution in [0.15, 0.2) is 22.7 Å². The molecule has 1 fully saturated rings. The van der Waals surface area contributed by atoms with E-state index in [-0.39, 0.29) is 23.5 Å². The lowest BCUT2D eigenvalue weighted by Crippen LogP contribution is -2.47. The lowest BCUT2D eigenvalue weighted by Gasteiger charge is -2.33. The quantitative estimate of drug-likeness (QED) is 0.868. The Hall–Kier alpha value is -1.63. The predicted molar refractivity (Wildman–Crippen MR) is 86.1 cm³/mol. The summed E-state index contributed by atoms with van der Waals surface area (Å²) in [4.78, 5) is 27.4. The lowest BCUT2D eigenvalue weighted by atomic mass is 9.97. The van der Waals surface area contributed by atoms with E-state index >= 15 is 0 Å². The molecule has 0 saturated carbocycles. The number of rotatable bonds is 2. The molecule has 7 heteroatoms. The van der Waals surface area contributed by atoms with Gasteiger partial charge in [0.25, 0.3) is 0 Å². The third-order valence-corrected chi connectivity index (χ3v) is 4.13. The van der Waals surface area contributed by atoms with Crippen LogP contribution in [0.4, 0.5) is 14.9 Å². The van der Waals surface area contributed by atoms with E-state index in [2.05, 4.69) is 21.2 Å². The fourth-order valence-electron chi connectivity index (χ4n) is 2.47. The molecule has 1 atom stereocenters. The normalized spacial score (nSPS) is 18.0. The number of halogens is 2. The van der Waals surface area contributed by atoms with Crippen LogP contribution < -0.4 is 5.32 Å². The zero-order valence-electron chi connectivity index (χ0n) is 12.6. The Kier molecular flexibility index (Phi) is 5.39. The average Bonchev–Trinajstić information content (AvgIpc) is 2.49. The van der Waals surface area contributed by atoms with Crippen molar-refractivity contribution < 1.29 is 14.0 Å². The first-order valence-electron chi connectivity index (χ1n) is 7.10. The number of benzene rings is 1. The van der Waals surface area contributed by atoms with Crippen molar-refractivity contribution in [3.8, 4) is 0 Å². The molecule has 1 aliphatic heterocycles. The standard InChI is InChI=1S/C15H19BrFN3O2/c1-19(2)15(22)20-7-3-4-10(9-20)14(21)18-13-6-5-11(16)8-12(13)17/h5-6,8,10H,3-4,7,9H2,1-2H3,(H,18,21)/t10-/m1/s1. The maximum Gasteiger partial charge on any atom is 0.319 e. The summed E-state index contributed by atoms with van der Waals surface area (Å²) in [7, 11) is 3.37. The van der Waals surface area contributed by atoms with Crippen LogP contribution in [0.5, 0.6) is 0 Å². The van der Waals surface area contributed by atoms with Gasteiger partial charge < -0.3 is 15.1 Å². The number of nitrogens with one attached hydrogen (secondary N) is 1. The molecular weight excluding hydrogens is 353 g/mol. The minimum absolute atomic E-state index is 0.104. The molecule has 2 rings (SSSR count). The van der Waals surface area contributed by atoms with E-state index in [0.29, 0.717) is 24.0 Å². The van der Waals surface area contributed by atoms with Gasteiger partial charge in [0.2, 0.25) is 5.91 Å². The number of piperidine rings is 1. The highest BCUT2D eigenvalue weighted by Gasteiger charge is 2.29. The molecule has 5 nitrogen and oxygen atoms in total. The number of nitrogens with zero attached hydrogens (tertiary/aromatic N) is 2. The summed E-state index contributed by atoms with van der Waals surface area (Å²) >= 11 is 3.17. The minimum Gasteiger partial charge on any atom is -0.331 e. The number of carbonyl (C=O) groups excluding carboxylic acids is 2. The third kappa shape index (κ3) is 3.97. The maximum absolute atomic E-state index is 13.8. The molecule has 1 aromatic carbocycles. The second-order valence-corrected chi connectivity index (χ2v) is 6.49. The van der Waals surface area contributed by atoms with Gasteiger partial charge in [-0.3, -0.25) is 4.79 Å². The van der Waals surface area contributed by atoms with Crippen LogP contribution >= 0.6 is 15.9 Å². The number of anilines is 1. The highest BCUT2D eigenvalue weighted by Crippen LogP contribution is 2.22. The zero-order chi connectivity index (χ0) is 16.3. The van der Waals surface area contributed by atoms with E-state index < -0.39 is 5.82 Å². The first kappa shape index (κ1) is 16.7. The molecule has 0 aromatic heterocycles. The fourth-order valence-corrected chi connectivity index (χ4v) is 2.81. The number of likely N-dealkylation sites (tertiary alicyclic amines) is 1. The first-order chi connectivity index (χ1) is 10.4. The summed E-state index contributed by atoms with van der Waals surface area (Å²) in [6.07, 6.45) is 1.46. The van der Waals surface area contributed by atoms with E-state index in [0.717, 1.165) is 6.42 Å². The van der Waals surface area contributed by atoms with Crippen LogP contribution in [0.25, 0.3) is 0 Å². The summed E-state index contributed by atoms with van der Waals surface area (Å²) in [5, 5.41) is 2.61. The summed E-state index contributed by atoms with van der Waals surface area (Å²) in [5.41, 5.74) is 0.157. The van der Waals surface area contributed by atoms with Crippen molar-refractivity contribution in [1.82, 2.24) is 9.80 Å². The van der Waals surface area contributed by atoms with E-state index in [1.807, 2.05) is 0 Å². The predicted octanol–water partition coefficient (Wildman–Crippen LogP) is 2.92. The zero-order valence-corrected chi connectivity index (χ0v) is 14.2. The molecule has 1 aliphatic rings. The summed E-state index contributed by atoms with van der Waals surface area (Å²) in [5.74, 6) is -1.06. The van der Waals surface area contributed by atoms with Gasteiger partial charge in [-0.15, -0.1) is 0 Å². The topological polar surface area (TPSA) is 52.7 Å². The van der Waals surface area contributed by atoms with Crippen molar-refractivity contribution in [2.45, 2.75) is 12.8 Å². The molecular formula is C15H19BrFN3O2. The number of urea groups is 1. The highest BCUT2D eigenvalue weighted by molar-refractivity contribution is 9.10. The van der Waals surface area contributed by atoms with Crippen LogP contribution in [0.2, 0.25) is 0 Å². The van der Waals surface area contributed by atoms with Crippen LogP contribution in [0.3, 0.4) is 0 Å². The van der Waals surface area contributed by atoms with Crippen LogP contribution in [0, 0.1) is 11.7 Å². The Labute approximate surface area is 137 Å². The molecule has 120 valence electrons. The van der Waals surface area contributed by atoms with E-state index in [4.69, 9.17) is 0 Å². The van der Waals surface area contributed by atoms with Gasteiger partial charge in [0.05, 0.1) is 11.6 Å². The average molecular weight is 372 g/mol. The molecule has 0 spiro atoms. The largest absolute Gasteiger partial charge is 0.331 e. The third-order valence-electron chi connectivity index (χ3n) is 3.63. The van der Waals surface area contributed by atoms with Crippen LogP contribution in [0.1, 0.15) is 12.8 Å². The molecule has 3 amide bonds. The summed E-state index contributed by atoms with van der Waals surface area (Å²) in [6, 6.07) is 4.38. The smallest absolute Gasteiger partial charge is 0.319 e. The Morgan fingerprint density at radius 1 is 1.41 bits per heavy atom. The molecule has 1 heterocycles. The van der Waals surface area contributed by atoms with Crippen molar-refractivity contribution in [3.63, 3.8) is 0 Å². The van der Waals surface area contributed by atoms with Crippen LogP contribution in [-0.4, -0.2) is 48.9 Å². The summed E-state index contributed by atoms with van der Waals surface area (Å²) in [6.45, 7) is 1.01. The first-order valence-corrected chi connectivity index (χ1v) is 7.90. The molecule has 1 aromatic rings. The van der Waals surface area contributed by atoms with Crippen molar-refractivity contribution in [3.05, 3.63) is 28.5 Å². The van der Waals surface area contributed by atoms with Gasteiger partial charge in [0.1, 0.15) is 5.82 Å². The molecule has 1 N–H and O–H groups in total. The van der Waals surface area contributed by atoms with Crippen molar-refractivity contribution in [2.75, 3.05) is 32.5 Å². The molecule has 0 bridgehead atoms. The molecule has 0 aliphatic carbocycles. The van der Waals surface area contributed by atoms with E-state index in [1.54, 1.807) is 25.1 Å². The van der Waals surface area contributed by atoms with Gasteiger partial charge in [-0.25, -0.2) is 9.18 Å². The second kappa shape index (κ2) is 7.09. The number of hydrogen-bond donors (Lipinski definition) is 1. The monoisotopic (exact) mass is 371 g/mol. The van der Waals surface area contributed by atoms with E-state index in [9.17, 15) is 14.0 Å². The fraction of sp³-hybridized carbons (Fsp3) is 0.467. The number of hydrogen-bond acceptors (Lipinski definition) is 2. The summed E-state index contributed by atoms with van der Waals surface area (Å²) < 4.78 is 14.4. The Bertz CT molecular complexity index is 580. The van der Waals surface area contributed by atoms with Gasteiger partial charge in [-0.2, -0.15) is 0 Å². The number of amides is 3. The van der Waals surface area contributed by atoms with Gasteiger partial charge in [0.15, 0.2) is 0 Å². The SMILES string of the molecule is CN(C)C(=O)N1CCC[C@@H](C(=O)Nc2ccc(Br)cc2F)C1. The lowest BCUT2D eigenvalue weighted by molar-refractivity contribution is -0.121. The second-order valence-electron chi connectivity index (χ2n) is 5.58. The van der Waals surface area contributed by atoms with E-state index in [1.165, 1.54) is 17.0 Å². The molecule has 22 heavy (non-hydrogen) atoms. The Morgan fingerprint density at radius 2 is 2.14 bits per heavy atom. The number of carbonyl (C=O) groups is 2. The highest BCUT2D eigenvalue weighted by atomic mass is 79.9. The molecule has 0 unspecified atom stereocenters. The van der Waals surface area contributed by atoms with Crippen LogP contribution in [-0.2, 0) is 4.79 Å². The maximum atomic E-state index is 13.8. The van der Waals surface area contributed by atoms with Crippen molar-refractivity contribution >= 4 is 33.6 Å². The van der Waals surface area contributed by atoms with Gasteiger partial charge in [-0.05, 0) is 31.0 Å². The Balaban J connectivity index is 2.01. The van der Waals surface area contributed by atoms with Crippen molar-refractivity contribution in [1.29, 1.82) is 0 Å².